The minimum Gasteiger partial charge on any atom is -0.493 e. The standard InChI is InChI=1S/C26H23N7O4/c1-35-21-13-7-10-18(24(21)36-16-17-8-3-2-4-9-17)14-28-30-22(34)15-33-20-12-6-5-11-19(20)29-26(33)23-25(27)32-37-31-23/h2-14H,15-16H2,1H3,(H2,27,32)(H,30,34). The number of hydrazone groups is 1. The van der Waals surface area contributed by atoms with Gasteiger partial charge in [-0.3, -0.25) is 4.79 Å². The molecule has 11 nitrogen and oxygen atoms in total. The number of ether oxygens (including phenoxy) is 2. The normalized spacial score (nSPS) is 11.2. The fraction of sp³-hybridized carbons (Fsp3) is 0.115. The molecule has 0 unspecified atom stereocenters. The monoisotopic (exact) mass is 497 g/mol. The summed E-state index contributed by atoms with van der Waals surface area (Å²) in [6.07, 6.45) is 1.51. The minimum absolute atomic E-state index is 0.0797. The predicted molar refractivity (Wildman–Crippen MR) is 137 cm³/mol. The second-order valence-corrected chi connectivity index (χ2v) is 7.95. The van der Waals surface area contributed by atoms with Gasteiger partial charge in [0.2, 0.25) is 0 Å². The van der Waals surface area contributed by atoms with E-state index in [1.807, 2.05) is 66.7 Å². The number of rotatable bonds is 9. The first kappa shape index (κ1) is 23.5. The summed E-state index contributed by atoms with van der Waals surface area (Å²) in [6.45, 7) is 0.264. The van der Waals surface area contributed by atoms with Crippen molar-refractivity contribution in [2.24, 2.45) is 5.10 Å². The van der Waals surface area contributed by atoms with Crippen molar-refractivity contribution in [2.45, 2.75) is 13.2 Å². The summed E-state index contributed by atoms with van der Waals surface area (Å²) in [7, 11) is 1.57. The summed E-state index contributed by atoms with van der Waals surface area (Å²) in [5.74, 6) is 1.13. The molecule has 1 amide bonds. The Balaban J connectivity index is 1.34. The average Bonchev–Trinajstić information content (AvgIpc) is 3.51. The Labute approximate surface area is 211 Å². The molecule has 0 atom stereocenters. The molecule has 5 aromatic rings. The minimum atomic E-state index is -0.384. The van der Waals surface area contributed by atoms with E-state index in [4.69, 9.17) is 19.8 Å². The van der Waals surface area contributed by atoms with Gasteiger partial charge < -0.3 is 19.8 Å². The second kappa shape index (κ2) is 10.6. The number of fused-ring (bicyclic) bond motifs is 1. The van der Waals surface area contributed by atoms with Crippen molar-refractivity contribution in [2.75, 3.05) is 12.8 Å². The maximum absolute atomic E-state index is 12.8. The van der Waals surface area contributed by atoms with E-state index in [9.17, 15) is 4.79 Å². The van der Waals surface area contributed by atoms with Crippen LogP contribution in [0.5, 0.6) is 11.5 Å². The Kier molecular flexibility index (Phi) is 6.75. The van der Waals surface area contributed by atoms with Crippen molar-refractivity contribution in [1.82, 2.24) is 25.3 Å². The third-order valence-corrected chi connectivity index (χ3v) is 5.53. The number of anilines is 1. The van der Waals surface area contributed by atoms with Crippen molar-refractivity contribution >= 4 is 29.0 Å². The lowest BCUT2D eigenvalue weighted by molar-refractivity contribution is -0.121. The van der Waals surface area contributed by atoms with Crippen LogP contribution < -0.4 is 20.6 Å². The van der Waals surface area contributed by atoms with Gasteiger partial charge in [0.1, 0.15) is 13.2 Å². The number of aromatic nitrogens is 4. The van der Waals surface area contributed by atoms with Crippen molar-refractivity contribution < 1.29 is 18.9 Å². The number of nitrogens with zero attached hydrogens (tertiary/aromatic N) is 5. The van der Waals surface area contributed by atoms with Crippen LogP contribution in [0.1, 0.15) is 11.1 Å². The fourth-order valence-electron chi connectivity index (χ4n) is 3.80. The smallest absolute Gasteiger partial charge is 0.260 e. The van der Waals surface area contributed by atoms with E-state index in [0.717, 1.165) is 11.1 Å². The number of imidazole rings is 1. The van der Waals surface area contributed by atoms with Crippen molar-refractivity contribution in [3.63, 3.8) is 0 Å². The highest BCUT2D eigenvalue weighted by atomic mass is 16.6. The van der Waals surface area contributed by atoms with Gasteiger partial charge in [-0.15, -0.1) is 0 Å². The highest BCUT2D eigenvalue weighted by Gasteiger charge is 2.20. The van der Waals surface area contributed by atoms with Crippen LogP contribution in [0.15, 0.2) is 82.5 Å². The molecule has 5 rings (SSSR count). The lowest BCUT2D eigenvalue weighted by Crippen LogP contribution is -2.23. The number of nitrogens with one attached hydrogen (secondary N) is 1. The van der Waals surface area contributed by atoms with E-state index in [1.165, 1.54) is 6.21 Å². The fourth-order valence-corrected chi connectivity index (χ4v) is 3.80. The second-order valence-electron chi connectivity index (χ2n) is 7.95. The van der Waals surface area contributed by atoms with Gasteiger partial charge in [0, 0.05) is 5.56 Å². The molecule has 0 aliphatic rings. The molecule has 3 N–H and O–H groups in total. The van der Waals surface area contributed by atoms with Gasteiger partial charge in [-0.25, -0.2) is 15.0 Å². The van der Waals surface area contributed by atoms with Crippen LogP contribution in [0.3, 0.4) is 0 Å². The number of carbonyl (C=O) groups excluding carboxylic acids is 1. The first-order valence-electron chi connectivity index (χ1n) is 11.3. The lowest BCUT2D eigenvalue weighted by atomic mass is 10.2. The predicted octanol–water partition coefficient (Wildman–Crippen LogP) is 3.41. The molecule has 11 heteroatoms. The average molecular weight is 498 g/mol. The molecule has 0 saturated carbocycles. The summed E-state index contributed by atoms with van der Waals surface area (Å²) < 4.78 is 17.9. The summed E-state index contributed by atoms with van der Waals surface area (Å²) in [5.41, 5.74) is 11.7. The largest absolute Gasteiger partial charge is 0.493 e. The number of methoxy groups -OCH3 is 1. The molecule has 3 aromatic carbocycles. The van der Waals surface area contributed by atoms with E-state index >= 15 is 0 Å². The third kappa shape index (κ3) is 5.10. The first-order valence-corrected chi connectivity index (χ1v) is 11.3. The number of nitrogens with two attached hydrogens (primary N) is 1. The van der Waals surface area contributed by atoms with Crippen LogP contribution in [0.4, 0.5) is 5.82 Å². The van der Waals surface area contributed by atoms with Crippen LogP contribution in [-0.2, 0) is 17.9 Å². The van der Waals surface area contributed by atoms with Gasteiger partial charge in [-0.05, 0) is 40.1 Å². The van der Waals surface area contributed by atoms with E-state index in [0.29, 0.717) is 35.0 Å². The summed E-state index contributed by atoms with van der Waals surface area (Å²) >= 11 is 0. The maximum atomic E-state index is 12.8. The zero-order valence-electron chi connectivity index (χ0n) is 19.9. The number of amides is 1. The molecular weight excluding hydrogens is 474 g/mol. The van der Waals surface area contributed by atoms with Gasteiger partial charge in [0.05, 0.1) is 24.4 Å². The number of para-hydroxylation sites is 3. The van der Waals surface area contributed by atoms with Gasteiger partial charge in [0.15, 0.2) is 28.8 Å². The van der Waals surface area contributed by atoms with E-state index in [-0.39, 0.29) is 24.0 Å². The number of carbonyl (C=O) groups is 1. The van der Waals surface area contributed by atoms with Crippen molar-refractivity contribution in [1.29, 1.82) is 0 Å². The van der Waals surface area contributed by atoms with Gasteiger partial charge >= 0.3 is 0 Å². The highest BCUT2D eigenvalue weighted by Crippen LogP contribution is 2.31. The van der Waals surface area contributed by atoms with Crippen molar-refractivity contribution in [3.05, 3.63) is 83.9 Å². The molecule has 186 valence electrons. The topological polar surface area (TPSA) is 143 Å². The number of benzene rings is 3. The molecule has 0 saturated heterocycles. The molecular formula is C26H23N7O4. The van der Waals surface area contributed by atoms with Crippen LogP contribution in [0.2, 0.25) is 0 Å². The van der Waals surface area contributed by atoms with Gasteiger partial charge in [-0.1, -0.05) is 48.5 Å². The first-order chi connectivity index (χ1) is 18.1. The molecule has 0 spiro atoms. The highest BCUT2D eigenvalue weighted by molar-refractivity contribution is 5.88. The molecule has 2 heterocycles. The van der Waals surface area contributed by atoms with Crippen LogP contribution >= 0.6 is 0 Å². The Morgan fingerprint density at radius 1 is 1.08 bits per heavy atom. The molecule has 0 radical (unpaired) electrons. The van der Waals surface area contributed by atoms with Crippen molar-refractivity contribution in [3.8, 4) is 23.0 Å². The van der Waals surface area contributed by atoms with Gasteiger partial charge in [0.25, 0.3) is 5.91 Å². The Morgan fingerprint density at radius 2 is 1.89 bits per heavy atom. The molecule has 37 heavy (non-hydrogen) atoms. The molecule has 0 bridgehead atoms. The zero-order valence-corrected chi connectivity index (χ0v) is 19.9. The summed E-state index contributed by atoms with van der Waals surface area (Å²) in [6, 6.07) is 22.6. The van der Waals surface area contributed by atoms with Crippen LogP contribution in [0, 0.1) is 0 Å². The quantitative estimate of drug-likeness (QED) is 0.233. The van der Waals surface area contributed by atoms with Crippen LogP contribution in [0.25, 0.3) is 22.6 Å². The van der Waals surface area contributed by atoms with E-state index in [2.05, 4.69) is 25.8 Å². The Bertz CT molecular complexity index is 1560. The number of nitrogen functional groups attached to an aromatic ring is 1. The Hall–Kier alpha value is -5.19. The molecule has 2 aromatic heterocycles. The lowest BCUT2D eigenvalue weighted by Gasteiger charge is -2.13. The van der Waals surface area contributed by atoms with Crippen LogP contribution in [-0.4, -0.2) is 39.1 Å². The summed E-state index contributed by atoms with van der Waals surface area (Å²) in [5, 5.41) is 11.6. The van der Waals surface area contributed by atoms with Gasteiger partial charge in [-0.2, -0.15) is 5.10 Å². The summed E-state index contributed by atoms with van der Waals surface area (Å²) in [4.78, 5) is 17.4. The maximum Gasteiger partial charge on any atom is 0.260 e. The Morgan fingerprint density at radius 3 is 2.68 bits per heavy atom. The van der Waals surface area contributed by atoms with E-state index < -0.39 is 0 Å². The third-order valence-electron chi connectivity index (χ3n) is 5.53. The molecule has 0 fully saturated rings. The SMILES string of the molecule is COc1cccc(C=NNC(=O)Cn2c(-c3nonc3N)nc3ccccc32)c1OCc1ccccc1. The van der Waals surface area contributed by atoms with E-state index in [1.54, 1.807) is 17.7 Å². The molecule has 0 aliphatic carbocycles. The number of hydrogen-bond acceptors (Lipinski definition) is 9. The zero-order chi connectivity index (χ0) is 25.6. The number of hydrogen-bond donors (Lipinski definition) is 2. The molecule has 0 aliphatic heterocycles.